The van der Waals surface area contributed by atoms with Gasteiger partial charge in [-0.25, -0.2) is 13.4 Å². The van der Waals surface area contributed by atoms with Crippen LogP contribution in [0, 0.1) is 5.13 Å². The van der Waals surface area contributed by atoms with E-state index in [1.165, 1.54) is 12.3 Å². The molecule has 0 spiro atoms. The van der Waals surface area contributed by atoms with Crippen LogP contribution in [-0.2, 0) is 10.0 Å². The number of nitrogens with one attached hydrogen (secondary N) is 2. The standard InChI is InChI=1S/C18H13FN4O3S2/c19-16-11-20-18(27-16)23-28(24,25)15-8-4-7-14(17(15)13-9-10-21-22-13)26-12-5-2-1-3-6-12/h1-11H,(H,20,23)(H,21,22). The van der Waals surface area contributed by atoms with Crippen LogP contribution in [0.4, 0.5) is 9.52 Å². The van der Waals surface area contributed by atoms with Crippen LogP contribution in [0.1, 0.15) is 0 Å². The van der Waals surface area contributed by atoms with Gasteiger partial charge in [0.1, 0.15) is 16.4 Å². The first-order chi connectivity index (χ1) is 13.5. The van der Waals surface area contributed by atoms with Crippen LogP contribution in [0.3, 0.4) is 0 Å². The molecule has 2 aromatic heterocycles. The van der Waals surface area contributed by atoms with Crippen LogP contribution in [-0.4, -0.2) is 23.6 Å². The maximum absolute atomic E-state index is 13.2. The van der Waals surface area contributed by atoms with Gasteiger partial charge in [0.25, 0.3) is 10.0 Å². The number of hydrogen-bond acceptors (Lipinski definition) is 6. The van der Waals surface area contributed by atoms with Crippen molar-refractivity contribution in [2.45, 2.75) is 4.90 Å². The van der Waals surface area contributed by atoms with E-state index in [4.69, 9.17) is 4.74 Å². The molecule has 0 saturated heterocycles. The number of nitrogens with zero attached hydrogens (tertiary/aromatic N) is 2. The van der Waals surface area contributed by atoms with Gasteiger partial charge in [0, 0.05) is 6.20 Å². The summed E-state index contributed by atoms with van der Waals surface area (Å²) >= 11 is 0.600. The predicted octanol–water partition coefficient (Wildman–Crippen LogP) is 4.27. The summed E-state index contributed by atoms with van der Waals surface area (Å²) in [6, 6.07) is 15.3. The first-order valence-electron chi connectivity index (χ1n) is 8.03. The van der Waals surface area contributed by atoms with E-state index in [1.54, 1.807) is 30.3 Å². The second kappa shape index (κ2) is 7.41. The van der Waals surface area contributed by atoms with Crippen LogP contribution in [0.15, 0.2) is 71.9 Å². The van der Waals surface area contributed by atoms with E-state index in [0.717, 1.165) is 6.20 Å². The topological polar surface area (TPSA) is 97.0 Å². The van der Waals surface area contributed by atoms with E-state index < -0.39 is 15.2 Å². The Bertz CT molecular complexity index is 1190. The molecule has 0 atom stereocenters. The molecular formula is C18H13FN4O3S2. The van der Waals surface area contributed by atoms with Gasteiger partial charge in [-0.15, -0.1) is 0 Å². The number of H-pyrrole nitrogens is 1. The Labute approximate surface area is 163 Å². The van der Waals surface area contributed by atoms with Gasteiger partial charge in [-0.05, 0) is 30.3 Å². The van der Waals surface area contributed by atoms with Gasteiger partial charge in [0.05, 0.1) is 17.5 Å². The molecular weight excluding hydrogens is 403 g/mol. The molecule has 7 nitrogen and oxygen atoms in total. The molecule has 2 N–H and O–H groups in total. The fourth-order valence-electron chi connectivity index (χ4n) is 2.57. The minimum Gasteiger partial charge on any atom is -0.457 e. The molecule has 0 aliphatic carbocycles. The molecule has 4 aromatic rings. The molecule has 2 aromatic carbocycles. The zero-order valence-corrected chi connectivity index (χ0v) is 15.8. The third kappa shape index (κ3) is 3.73. The number of hydrogen-bond donors (Lipinski definition) is 2. The van der Waals surface area contributed by atoms with Crippen LogP contribution in [0.5, 0.6) is 11.5 Å². The molecule has 142 valence electrons. The smallest absolute Gasteiger partial charge is 0.264 e. The minimum atomic E-state index is -4.07. The number of aromatic amines is 1. The molecule has 0 saturated carbocycles. The molecule has 0 aliphatic heterocycles. The number of anilines is 1. The molecule has 0 radical (unpaired) electrons. The highest BCUT2D eigenvalue weighted by atomic mass is 32.2. The first kappa shape index (κ1) is 18.1. The molecule has 4 rings (SSSR count). The van der Waals surface area contributed by atoms with Crippen LogP contribution < -0.4 is 9.46 Å². The molecule has 0 amide bonds. The summed E-state index contributed by atoms with van der Waals surface area (Å²) in [5.74, 6) is 0.872. The van der Waals surface area contributed by atoms with E-state index in [-0.39, 0.29) is 10.0 Å². The number of thiazole rings is 1. The van der Waals surface area contributed by atoms with Crippen molar-refractivity contribution in [3.63, 3.8) is 0 Å². The Morgan fingerprint density at radius 2 is 1.89 bits per heavy atom. The van der Waals surface area contributed by atoms with E-state index >= 15 is 0 Å². The van der Waals surface area contributed by atoms with Crippen LogP contribution in [0.2, 0.25) is 0 Å². The SMILES string of the molecule is O=S(=O)(Nc1ncc(F)s1)c1cccc(Oc2ccccc2)c1-c1ccn[nH]1. The van der Waals surface area contributed by atoms with Crippen molar-refractivity contribution in [2.24, 2.45) is 0 Å². The van der Waals surface area contributed by atoms with E-state index in [0.29, 0.717) is 34.1 Å². The molecule has 0 bridgehead atoms. The quantitative estimate of drug-likeness (QED) is 0.489. The van der Waals surface area contributed by atoms with E-state index in [1.807, 2.05) is 18.2 Å². The molecule has 0 aliphatic rings. The highest BCUT2D eigenvalue weighted by Crippen LogP contribution is 2.38. The largest absolute Gasteiger partial charge is 0.457 e. The highest BCUT2D eigenvalue weighted by molar-refractivity contribution is 7.93. The Morgan fingerprint density at radius 3 is 2.57 bits per heavy atom. The van der Waals surface area contributed by atoms with Crippen molar-refractivity contribution in [1.29, 1.82) is 0 Å². The third-order valence-electron chi connectivity index (χ3n) is 3.72. The number of aromatic nitrogens is 3. The monoisotopic (exact) mass is 416 g/mol. The van der Waals surface area contributed by atoms with E-state index in [9.17, 15) is 12.8 Å². The molecule has 2 heterocycles. The number of para-hydroxylation sites is 1. The summed E-state index contributed by atoms with van der Waals surface area (Å²) < 4.78 is 47.4. The fourth-order valence-corrected chi connectivity index (χ4v) is 4.59. The Hall–Kier alpha value is -3.24. The van der Waals surface area contributed by atoms with Gasteiger partial charge in [-0.3, -0.25) is 9.82 Å². The van der Waals surface area contributed by atoms with Crippen molar-refractivity contribution in [1.82, 2.24) is 15.2 Å². The maximum atomic E-state index is 13.2. The Kier molecular flexibility index (Phi) is 4.80. The molecule has 10 heteroatoms. The average molecular weight is 416 g/mol. The lowest BCUT2D eigenvalue weighted by Crippen LogP contribution is -2.14. The summed E-state index contributed by atoms with van der Waals surface area (Å²) in [6.45, 7) is 0. The lowest BCUT2D eigenvalue weighted by Gasteiger charge is -2.15. The predicted molar refractivity (Wildman–Crippen MR) is 103 cm³/mol. The van der Waals surface area contributed by atoms with Crippen molar-refractivity contribution in [3.8, 4) is 22.8 Å². The van der Waals surface area contributed by atoms with Gasteiger partial charge >= 0.3 is 0 Å². The minimum absolute atomic E-state index is 0.0548. The Morgan fingerprint density at radius 1 is 1.07 bits per heavy atom. The number of ether oxygens (including phenoxy) is 1. The third-order valence-corrected chi connectivity index (χ3v) is 5.93. The first-order valence-corrected chi connectivity index (χ1v) is 10.3. The second-order valence-electron chi connectivity index (χ2n) is 5.59. The zero-order chi connectivity index (χ0) is 19.6. The molecule has 0 unspecified atom stereocenters. The summed E-state index contributed by atoms with van der Waals surface area (Å²) in [5, 5.41) is 6.01. The average Bonchev–Trinajstić information content (AvgIpc) is 3.34. The number of sulfonamides is 1. The summed E-state index contributed by atoms with van der Waals surface area (Å²) in [7, 11) is -4.07. The fraction of sp³-hybridized carbons (Fsp3) is 0. The Balaban J connectivity index is 1.82. The van der Waals surface area contributed by atoms with Crippen LogP contribution in [0.25, 0.3) is 11.3 Å². The maximum Gasteiger partial charge on any atom is 0.264 e. The number of rotatable bonds is 6. The van der Waals surface area contributed by atoms with Gasteiger partial charge in [0.2, 0.25) is 0 Å². The van der Waals surface area contributed by atoms with Gasteiger partial charge in [-0.1, -0.05) is 35.6 Å². The van der Waals surface area contributed by atoms with Crippen LogP contribution >= 0.6 is 11.3 Å². The summed E-state index contributed by atoms with van der Waals surface area (Å²) in [6.07, 6.45) is 2.46. The molecule has 28 heavy (non-hydrogen) atoms. The zero-order valence-electron chi connectivity index (χ0n) is 14.2. The number of benzene rings is 2. The summed E-state index contributed by atoms with van der Waals surface area (Å²) in [5.41, 5.74) is 0.755. The van der Waals surface area contributed by atoms with Gasteiger partial charge in [-0.2, -0.15) is 9.49 Å². The lowest BCUT2D eigenvalue weighted by atomic mass is 10.1. The summed E-state index contributed by atoms with van der Waals surface area (Å²) in [4.78, 5) is 3.66. The lowest BCUT2D eigenvalue weighted by molar-refractivity contribution is 0.482. The normalized spacial score (nSPS) is 11.3. The van der Waals surface area contributed by atoms with Crippen molar-refractivity contribution in [2.75, 3.05) is 4.72 Å². The number of halogens is 1. The second-order valence-corrected chi connectivity index (χ2v) is 8.22. The van der Waals surface area contributed by atoms with Crippen molar-refractivity contribution >= 4 is 26.5 Å². The van der Waals surface area contributed by atoms with E-state index in [2.05, 4.69) is 19.9 Å². The van der Waals surface area contributed by atoms with Crippen molar-refractivity contribution in [3.05, 3.63) is 72.1 Å². The highest BCUT2D eigenvalue weighted by Gasteiger charge is 2.25. The van der Waals surface area contributed by atoms with Gasteiger partial charge in [0.15, 0.2) is 10.3 Å². The van der Waals surface area contributed by atoms with Crippen molar-refractivity contribution < 1.29 is 17.5 Å². The van der Waals surface area contributed by atoms with Gasteiger partial charge < -0.3 is 4.74 Å². The molecule has 0 fully saturated rings.